The third kappa shape index (κ3) is 5.81. The molecule has 0 spiro atoms. The Morgan fingerprint density at radius 1 is 1.22 bits per heavy atom. The molecule has 0 saturated heterocycles. The first-order valence-corrected chi connectivity index (χ1v) is 13.1. The maximum Gasteiger partial charge on any atom is 0.138 e. The Labute approximate surface area is 222 Å². The molecule has 4 N–H and O–H groups in total. The molecule has 0 radical (unpaired) electrons. The van der Waals surface area contributed by atoms with E-state index in [0.717, 1.165) is 61.6 Å². The standard InChI is InChI=1S/C31H33N5S/c1-7-22(15-24(8-2)34-20(5)14-19(3)4)23-11-12-27(32)25(16-23)21(6)31-35-28-18-33-17-26(30(28)36-31)29-10-9-13-37-29/h7-13,15-19,34H,2,5-6,14,32H2,1,3-4H3,(H,35,36)/b22-7+,24-15+. The minimum absolute atomic E-state index is 0.522. The molecule has 37 heavy (non-hydrogen) atoms. The summed E-state index contributed by atoms with van der Waals surface area (Å²) >= 11 is 1.66. The molecular formula is C31H33N5S. The Kier molecular flexibility index (Phi) is 7.89. The van der Waals surface area contributed by atoms with Crippen molar-refractivity contribution in [3.8, 4) is 10.4 Å². The number of allylic oxidation sites excluding steroid dienone is 5. The summed E-state index contributed by atoms with van der Waals surface area (Å²) in [6.45, 7) is 18.8. The highest BCUT2D eigenvalue weighted by atomic mass is 32.1. The van der Waals surface area contributed by atoms with Gasteiger partial charge in [-0.15, -0.1) is 11.3 Å². The predicted molar refractivity (Wildman–Crippen MR) is 160 cm³/mol. The lowest BCUT2D eigenvalue weighted by Gasteiger charge is -2.14. The molecule has 0 aliphatic heterocycles. The summed E-state index contributed by atoms with van der Waals surface area (Å²) in [7, 11) is 0. The summed E-state index contributed by atoms with van der Waals surface area (Å²) < 4.78 is 0. The van der Waals surface area contributed by atoms with E-state index in [1.165, 1.54) is 0 Å². The van der Waals surface area contributed by atoms with Crippen molar-refractivity contribution in [2.45, 2.75) is 27.2 Å². The smallest absolute Gasteiger partial charge is 0.138 e. The van der Waals surface area contributed by atoms with Crippen molar-refractivity contribution in [1.82, 2.24) is 20.3 Å². The number of thiophene rings is 1. The van der Waals surface area contributed by atoms with Crippen LogP contribution < -0.4 is 11.1 Å². The number of rotatable bonds is 10. The van der Waals surface area contributed by atoms with E-state index in [1.807, 2.05) is 36.7 Å². The Balaban J connectivity index is 1.67. The average Bonchev–Trinajstić information content (AvgIpc) is 3.56. The van der Waals surface area contributed by atoms with Gasteiger partial charge in [-0.05, 0) is 66.1 Å². The van der Waals surface area contributed by atoms with Crippen LogP contribution in [-0.4, -0.2) is 15.0 Å². The van der Waals surface area contributed by atoms with Gasteiger partial charge in [0.2, 0.25) is 0 Å². The van der Waals surface area contributed by atoms with Gasteiger partial charge in [0, 0.05) is 44.9 Å². The van der Waals surface area contributed by atoms with E-state index in [2.05, 4.69) is 73.2 Å². The van der Waals surface area contributed by atoms with E-state index in [-0.39, 0.29) is 0 Å². The molecule has 0 aliphatic carbocycles. The highest BCUT2D eigenvalue weighted by molar-refractivity contribution is 7.13. The molecule has 0 bridgehead atoms. The molecule has 0 unspecified atom stereocenters. The van der Waals surface area contributed by atoms with Crippen molar-refractivity contribution in [2.24, 2.45) is 5.92 Å². The average molecular weight is 508 g/mol. The Hall–Kier alpha value is -4.16. The van der Waals surface area contributed by atoms with Crippen LogP contribution in [0.2, 0.25) is 0 Å². The van der Waals surface area contributed by atoms with Crippen molar-refractivity contribution in [1.29, 1.82) is 0 Å². The van der Waals surface area contributed by atoms with Crippen molar-refractivity contribution in [3.05, 3.63) is 114 Å². The minimum atomic E-state index is 0.522. The van der Waals surface area contributed by atoms with Crippen LogP contribution in [0.15, 0.2) is 97.5 Å². The molecule has 4 rings (SSSR count). The summed E-state index contributed by atoms with van der Waals surface area (Å²) in [5.41, 5.74) is 15.2. The van der Waals surface area contributed by atoms with Crippen molar-refractivity contribution in [2.75, 3.05) is 5.73 Å². The maximum atomic E-state index is 6.42. The molecule has 4 aromatic rings. The van der Waals surface area contributed by atoms with Gasteiger partial charge in [-0.1, -0.05) is 51.8 Å². The number of hydrogen-bond acceptors (Lipinski definition) is 5. The number of nitrogen functional groups attached to an aromatic ring is 1. The van der Waals surface area contributed by atoms with Gasteiger partial charge in [-0.3, -0.25) is 4.98 Å². The van der Waals surface area contributed by atoms with Gasteiger partial charge in [0.05, 0.1) is 11.7 Å². The van der Waals surface area contributed by atoms with Gasteiger partial charge in [0.25, 0.3) is 0 Å². The zero-order valence-electron chi connectivity index (χ0n) is 21.6. The Bertz CT molecular complexity index is 1520. The lowest BCUT2D eigenvalue weighted by Crippen LogP contribution is -2.12. The predicted octanol–water partition coefficient (Wildman–Crippen LogP) is 7.95. The van der Waals surface area contributed by atoms with Gasteiger partial charge in [-0.25, -0.2) is 4.98 Å². The fourth-order valence-corrected chi connectivity index (χ4v) is 4.94. The molecule has 0 fully saturated rings. The van der Waals surface area contributed by atoms with E-state index >= 15 is 0 Å². The van der Waals surface area contributed by atoms with E-state index in [1.54, 1.807) is 23.6 Å². The quantitative estimate of drug-likeness (QED) is 0.150. The first kappa shape index (κ1) is 25.9. The van der Waals surface area contributed by atoms with Crippen LogP contribution in [0.5, 0.6) is 0 Å². The third-order valence-electron chi connectivity index (χ3n) is 6.00. The summed E-state index contributed by atoms with van der Waals surface area (Å²) in [4.78, 5) is 13.8. The Morgan fingerprint density at radius 2 is 2.03 bits per heavy atom. The number of H-pyrrole nitrogens is 1. The first-order chi connectivity index (χ1) is 17.8. The second-order valence-corrected chi connectivity index (χ2v) is 10.2. The number of benzene rings is 1. The van der Waals surface area contributed by atoms with Crippen LogP contribution in [0.4, 0.5) is 5.69 Å². The topological polar surface area (TPSA) is 79.6 Å². The molecule has 3 aromatic heterocycles. The summed E-state index contributed by atoms with van der Waals surface area (Å²) in [5, 5.41) is 5.43. The van der Waals surface area contributed by atoms with Gasteiger partial charge < -0.3 is 16.0 Å². The van der Waals surface area contributed by atoms with Gasteiger partial charge in [-0.2, -0.15) is 0 Å². The van der Waals surface area contributed by atoms with Crippen LogP contribution in [0.25, 0.3) is 32.6 Å². The molecule has 188 valence electrons. The number of hydrogen-bond donors (Lipinski definition) is 3. The molecule has 6 heteroatoms. The lowest BCUT2D eigenvalue weighted by molar-refractivity contribution is 0.622. The van der Waals surface area contributed by atoms with Crippen LogP contribution in [0.1, 0.15) is 44.1 Å². The highest BCUT2D eigenvalue weighted by Gasteiger charge is 2.16. The number of fused-ring (bicyclic) bond motifs is 1. The number of pyridine rings is 1. The number of aromatic nitrogens is 3. The van der Waals surface area contributed by atoms with Crippen LogP contribution >= 0.6 is 11.3 Å². The molecular weight excluding hydrogens is 474 g/mol. The highest BCUT2D eigenvalue weighted by Crippen LogP contribution is 2.33. The normalized spacial score (nSPS) is 12.2. The largest absolute Gasteiger partial charge is 0.398 e. The van der Waals surface area contributed by atoms with Crippen LogP contribution in [0, 0.1) is 5.92 Å². The fourth-order valence-electron chi connectivity index (χ4n) is 4.21. The number of imidazole rings is 1. The number of nitrogens with two attached hydrogens (primary N) is 1. The van der Waals surface area contributed by atoms with E-state index in [9.17, 15) is 0 Å². The first-order valence-electron chi connectivity index (χ1n) is 12.2. The van der Waals surface area contributed by atoms with Crippen molar-refractivity contribution < 1.29 is 0 Å². The fraction of sp³-hybridized carbons (Fsp3) is 0.161. The Morgan fingerprint density at radius 3 is 2.70 bits per heavy atom. The minimum Gasteiger partial charge on any atom is -0.398 e. The zero-order chi connectivity index (χ0) is 26.5. The van der Waals surface area contributed by atoms with Gasteiger partial charge in [0.1, 0.15) is 11.3 Å². The van der Waals surface area contributed by atoms with Crippen LogP contribution in [-0.2, 0) is 0 Å². The molecule has 0 atom stereocenters. The zero-order valence-corrected chi connectivity index (χ0v) is 22.5. The van der Waals surface area contributed by atoms with Crippen molar-refractivity contribution in [3.63, 3.8) is 0 Å². The number of nitrogens with zero attached hydrogens (tertiary/aromatic N) is 2. The monoisotopic (exact) mass is 507 g/mol. The second kappa shape index (κ2) is 11.3. The van der Waals surface area contributed by atoms with Gasteiger partial charge >= 0.3 is 0 Å². The molecule has 3 heterocycles. The lowest BCUT2D eigenvalue weighted by atomic mass is 9.97. The summed E-state index contributed by atoms with van der Waals surface area (Å²) in [6, 6.07) is 10.1. The third-order valence-corrected chi connectivity index (χ3v) is 6.90. The summed E-state index contributed by atoms with van der Waals surface area (Å²) in [6.07, 6.45) is 10.5. The number of anilines is 1. The SMILES string of the molecule is C=C/C(=C\C(=C/C)c1ccc(N)c(C(=C)c2nc3c(-c4cccs4)cncc3[nH]2)c1)NC(=C)CC(C)C. The van der Waals surface area contributed by atoms with Crippen LogP contribution in [0.3, 0.4) is 0 Å². The molecule has 0 saturated carbocycles. The van der Waals surface area contributed by atoms with E-state index in [4.69, 9.17) is 10.7 Å². The number of aromatic amines is 1. The molecule has 0 amide bonds. The molecule has 0 aliphatic rings. The maximum absolute atomic E-state index is 6.42. The molecule has 1 aromatic carbocycles. The summed E-state index contributed by atoms with van der Waals surface area (Å²) in [5.74, 6) is 1.19. The van der Waals surface area contributed by atoms with E-state index in [0.29, 0.717) is 17.4 Å². The number of nitrogens with one attached hydrogen (secondary N) is 2. The molecule has 5 nitrogen and oxygen atoms in total. The van der Waals surface area contributed by atoms with E-state index < -0.39 is 0 Å². The van der Waals surface area contributed by atoms with Gasteiger partial charge in [0.15, 0.2) is 0 Å². The van der Waals surface area contributed by atoms with Crippen molar-refractivity contribution >= 4 is 39.2 Å². The second-order valence-electron chi connectivity index (χ2n) is 9.30.